The molecule has 5 rings (SSSR count). The fourth-order valence-electron chi connectivity index (χ4n) is 4.10. The van der Waals surface area contributed by atoms with Crippen molar-refractivity contribution >= 4 is 40.3 Å². The fraction of sp³-hybridized carbons (Fsp3) is 0.375. The summed E-state index contributed by atoms with van der Waals surface area (Å²) in [6.07, 6.45) is 0. The second-order valence-corrected chi connectivity index (χ2v) is 10.1. The molecule has 0 aliphatic carbocycles. The monoisotopic (exact) mass is 484 g/mol. The van der Waals surface area contributed by atoms with Gasteiger partial charge in [-0.05, 0) is 12.1 Å². The van der Waals surface area contributed by atoms with Crippen molar-refractivity contribution < 1.29 is 13.9 Å². The smallest absolute Gasteiger partial charge is 0.234 e. The largest absolute Gasteiger partial charge is 0.379 e. The van der Waals surface area contributed by atoms with E-state index >= 15 is 0 Å². The van der Waals surface area contributed by atoms with Crippen molar-refractivity contribution in [2.45, 2.75) is 16.9 Å². The highest BCUT2D eigenvalue weighted by molar-refractivity contribution is 8.00. The van der Waals surface area contributed by atoms with Crippen molar-refractivity contribution in [1.82, 2.24) is 19.8 Å². The Balaban J connectivity index is 1.33. The Morgan fingerprint density at radius 1 is 1.09 bits per heavy atom. The molecule has 2 aliphatic heterocycles. The molecule has 1 atom stereocenters. The number of morpholine rings is 1. The molecule has 2 aliphatic rings. The van der Waals surface area contributed by atoms with Crippen molar-refractivity contribution in [2.24, 2.45) is 0 Å². The highest BCUT2D eigenvalue weighted by Gasteiger charge is 2.32. The van der Waals surface area contributed by atoms with Crippen LogP contribution in [-0.4, -0.2) is 70.0 Å². The maximum absolute atomic E-state index is 14.4. The van der Waals surface area contributed by atoms with E-state index in [1.54, 1.807) is 28.8 Å². The van der Waals surface area contributed by atoms with Gasteiger partial charge in [0.05, 0.1) is 31.0 Å². The van der Waals surface area contributed by atoms with Crippen LogP contribution < -0.4 is 0 Å². The van der Waals surface area contributed by atoms with Crippen molar-refractivity contribution in [1.29, 1.82) is 0 Å². The van der Waals surface area contributed by atoms with Gasteiger partial charge in [0, 0.05) is 36.3 Å². The van der Waals surface area contributed by atoms with Crippen LogP contribution in [0.4, 0.5) is 4.39 Å². The molecule has 33 heavy (non-hydrogen) atoms. The average Bonchev–Trinajstić information content (AvgIpc) is 3.33. The number of ether oxygens (including phenoxy) is 1. The Kier molecular flexibility index (Phi) is 7.10. The summed E-state index contributed by atoms with van der Waals surface area (Å²) < 4.78 is 19.8. The number of fused-ring (bicyclic) bond motifs is 1. The van der Waals surface area contributed by atoms with Crippen molar-refractivity contribution in [2.75, 3.05) is 44.4 Å². The molecule has 3 heterocycles. The van der Waals surface area contributed by atoms with E-state index < -0.39 is 0 Å². The second-order valence-electron chi connectivity index (χ2n) is 7.97. The molecule has 1 amide bonds. The number of halogens is 1. The first kappa shape index (κ1) is 22.6. The Morgan fingerprint density at radius 3 is 2.73 bits per heavy atom. The molecule has 6 nitrogen and oxygen atoms in total. The van der Waals surface area contributed by atoms with Gasteiger partial charge in [0.2, 0.25) is 5.91 Å². The van der Waals surface area contributed by atoms with Gasteiger partial charge in [-0.3, -0.25) is 9.69 Å². The van der Waals surface area contributed by atoms with Gasteiger partial charge in [-0.25, -0.2) is 14.4 Å². The summed E-state index contributed by atoms with van der Waals surface area (Å²) in [6, 6.07) is 14.6. The molecule has 2 aromatic carbocycles. The van der Waals surface area contributed by atoms with Crippen LogP contribution in [0, 0.1) is 5.82 Å². The highest BCUT2D eigenvalue weighted by Crippen LogP contribution is 2.39. The first-order valence-corrected chi connectivity index (χ1v) is 13.1. The van der Waals surface area contributed by atoms with Crippen LogP contribution in [-0.2, 0) is 16.1 Å². The molecule has 2 saturated heterocycles. The quantitative estimate of drug-likeness (QED) is 0.388. The number of aromatic nitrogens is 2. The van der Waals surface area contributed by atoms with Gasteiger partial charge >= 0.3 is 0 Å². The van der Waals surface area contributed by atoms with Crippen LogP contribution in [0.5, 0.6) is 0 Å². The van der Waals surface area contributed by atoms with Crippen LogP contribution in [0.1, 0.15) is 16.8 Å². The lowest BCUT2D eigenvalue weighted by Gasteiger charge is -2.26. The number of rotatable bonds is 6. The molecule has 0 N–H and O–H groups in total. The minimum Gasteiger partial charge on any atom is -0.379 e. The molecular formula is C24H25FN4O2S2. The van der Waals surface area contributed by atoms with Gasteiger partial charge in [0.15, 0.2) is 0 Å². The van der Waals surface area contributed by atoms with Crippen LogP contribution in [0.3, 0.4) is 0 Å². The zero-order valence-corrected chi connectivity index (χ0v) is 19.8. The van der Waals surface area contributed by atoms with Gasteiger partial charge in [-0.1, -0.05) is 48.2 Å². The zero-order valence-electron chi connectivity index (χ0n) is 18.2. The van der Waals surface area contributed by atoms with E-state index in [0.29, 0.717) is 18.7 Å². The summed E-state index contributed by atoms with van der Waals surface area (Å²) in [4.78, 5) is 26.8. The molecular weight excluding hydrogens is 459 g/mol. The standard InChI is InChI=1S/C24H25FN4O2S2/c25-19-7-3-1-5-17(19)24-29(11-14-32-24)22(30)16-33-23-18-6-2-4-8-20(18)26-21(27-23)15-28-9-12-31-13-10-28/h1-8,24H,9-16H2/t24-/m0/s1. The zero-order chi connectivity index (χ0) is 22.6. The number of nitrogens with zero attached hydrogens (tertiary/aromatic N) is 4. The van der Waals surface area contributed by atoms with Gasteiger partial charge in [-0.15, -0.1) is 11.8 Å². The Labute approximate surface area is 200 Å². The van der Waals surface area contributed by atoms with Crippen LogP contribution in [0.25, 0.3) is 10.9 Å². The number of hydrogen-bond donors (Lipinski definition) is 0. The number of para-hydroxylation sites is 1. The summed E-state index contributed by atoms with van der Waals surface area (Å²) in [5.74, 6) is 1.54. The number of carbonyl (C=O) groups is 1. The average molecular weight is 485 g/mol. The maximum Gasteiger partial charge on any atom is 0.234 e. The predicted octanol–water partition coefficient (Wildman–Crippen LogP) is 3.97. The van der Waals surface area contributed by atoms with Gasteiger partial charge in [0.1, 0.15) is 22.0 Å². The second kappa shape index (κ2) is 10.4. The van der Waals surface area contributed by atoms with Gasteiger partial charge in [-0.2, -0.15) is 0 Å². The first-order chi connectivity index (χ1) is 16.2. The third-order valence-corrected chi connectivity index (χ3v) is 8.02. The van der Waals surface area contributed by atoms with Crippen molar-refractivity contribution in [3.63, 3.8) is 0 Å². The van der Waals surface area contributed by atoms with E-state index in [0.717, 1.165) is 53.8 Å². The van der Waals surface area contributed by atoms with Crippen LogP contribution in [0.15, 0.2) is 53.6 Å². The Morgan fingerprint density at radius 2 is 1.88 bits per heavy atom. The molecule has 0 radical (unpaired) electrons. The van der Waals surface area contributed by atoms with Gasteiger partial charge in [0.25, 0.3) is 0 Å². The third kappa shape index (κ3) is 5.16. The Hall–Kier alpha value is -2.20. The molecule has 0 spiro atoms. The predicted molar refractivity (Wildman–Crippen MR) is 130 cm³/mol. The van der Waals surface area contributed by atoms with Crippen LogP contribution >= 0.6 is 23.5 Å². The lowest BCUT2D eigenvalue weighted by Crippen LogP contribution is -2.36. The Bertz CT molecular complexity index is 1140. The molecule has 0 unspecified atom stereocenters. The van der Waals surface area contributed by atoms with E-state index in [2.05, 4.69) is 4.90 Å². The van der Waals surface area contributed by atoms with E-state index in [4.69, 9.17) is 14.7 Å². The number of hydrogen-bond acceptors (Lipinski definition) is 7. The van der Waals surface area contributed by atoms with Gasteiger partial charge < -0.3 is 9.64 Å². The fourth-order valence-corrected chi connectivity index (χ4v) is 6.33. The molecule has 2 fully saturated rings. The summed E-state index contributed by atoms with van der Waals surface area (Å²) in [6.45, 7) is 4.45. The molecule has 172 valence electrons. The number of carbonyl (C=O) groups excluding carboxylic acids is 1. The summed E-state index contributed by atoms with van der Waals surface area (Å²) in [7, 11) is 0. The number of thioether (sulfide) groups is 2. The summed E-state index contributed by atoms with van der Waals surface area (Å²) in [5.41, 5.74) is 1.45. The highest BCUT2D eigenvalue weighted by atomic mass is 32.2. The minimum absolute atomic E-state index is 0.00400. The number of amides is 1. The van der Waals surface area contributed by atoms with E-state index in [1.807, 2.05) is 30.3 Å². The van der Waals surface area contributed by atoms with Crippen molar-refractivity contribution in [3.05, 3.63) is 65.7 Å². The normalized spacial score (nSPS) is 19.3. The third-order valence-electron chi connectivity index (χ3n) is 5.80. The molecule has 9 heteroatoms. The lowest BCUT2D eigenvalue weighted by atomic mass is 10.2. The molecule has 0 bridgehead atoms. The minimum atomic E-state index is -0.279. The van der Waals surface area contributed by atoms with E-state index in [9.17, 15) is 9.18 Å². The molecule has 0 saturated carbocycles. The maximum atomic E-state index is 14.4. The van der Waals surface area contributed by atoms with E-state index in [-0.39, 0.29) is 22.9 Å². The molecule has 3 aromatic rings. The van der Waals surface area contributed by atoms with Crippen LogP contribution in [0.2, 0.25) is 0 Å². The van der Waals surface area contributed by atoms with Crippen molar-refractivity contribution in [3.8, 4) is 0 Å². The first-order valence-electron chi connectivity index (χ1n) is 11.0. The summed E-state index contributed by atoms with van der Waals surface area (Å²) in [5, 5.41) is 1.48. The molecule has 1 aromatic heterocycles. The summed E-state index contributed by atoms with van der Waals surface area (Å²) >= 11 is 3.04. The topological polar surface area (TPSA) is 58.6 Å². The number of benzene rings is 2. The van der Waals surface area contributed by atoms with E-state index in [1.165, 1.54) is 17.8 Å². The SMILES string of the molecule is O=C(CSc1nc(CN2CCOCC2)nc2ccccc12)N1CCS[C@H]1c1ccccc1F. The lowest BCUT2D eigenvalue weighted by molar-refractivity contribution is -0.128.